The SMILES string of the molecule is CCOC(=O)C1Sc2nnc(C)n2NC1c1ccc(Cl)cc1. The highest BCUT2D eigenvalue weighted by Gasteiger charge is 2.38. The molecule has 2 heterocycles. The van der Waals surface area contributed by atoms with E-state index in [4.69, 9.17) is 16.3 Å². The van der Waals surface area contributed by atoms with Gasteiger partial charge in [-0.3, -0.25) is 4.79 Å². The number of carbonyl (C=O) groups is 1. The number of aryl methyl sites for hydroxylation is 1. The van der Waals surface area contributed by atoms with Crippen molar-refractivity contribution >= 4 is 29.3 Å². The predicted molar refractivity (Wildman–Crippen MR) is 84.6 cm³/mol. The molecule has 1 N–H and O–H groups in total. The first-order chi connectivity index (χ1) is 10.6. The van der Waals surface area contributed by atoms with Crippen LogP contribution in [-0.4, -0.2) is 32.7 Å². The topological polar surface area (TPSA) is 69.0 Å². The summed E-state index contributed by atoms with van der Waals surface area (Å²) in [7, 11) is 0. The summed E-state index contributed by atoms with van der Waals surface area (Å²) in [5, 5.41) is 8.99. The molecule has 8 heteroatoms. The second-order valence-corrected chi connectivity index (χ2v) is 6.36. The Kier molecular flexibility index (Phi) is 4.26. The predicted octanol–water partition coefficient (Wildman–Crippen LogP) is 2.56. The summed E-state index contributed by atoms with van der Waals surface area (Å²) in [6.07, 6.45) is 0. The molecule has 0 spiro atoms. The fourth-order valence-electron chi connectivity index (χ4n) is 2.28. The first kappa shape index (κ1) is 15.2. The number of nitrogens with one attached hydrogen (secondary N) is 1. The van der Waals surface area contributed by atoms with Gasteiger partial charge in [-0.15, -0.1) is 10.2 Å². The zero-order valence-corrected chi connectivity index (χ0v) is 13.7. The summed E-state index contributed by atoms with van der Waals surface area (Å²) >= 11 is 7.30. The van der Waals surface area contributed by atoms with Gasteiger partial charge in [-0.2, -0.15) is 0 Å². The Hall–Kier alpha value is -1.73. The molecule has 2 unspecified atom stereocenters. The van der Waals surface area contributed by atoms with E-state index in [1.807, 2.05) is 19.1 Å². The Morgan fingerprint density at radius 1 is 1.41 bits per heavy atom. The van der Waals surface area contributed by atoms with Gasteiger partial charge in [0.25, 0.3) is 0 Å². The van der Waals surface area contributed by atoms with Gasteiger partial charge in [0.2, 0.25) is 5.16 Å². The van der Waals surface area contributed by atoms with Crippen molar-refractivity contribution in [1.82, 2.24) is 14.9 Å². The Balaban J connectivity index is 1.97. The zero-order valence-electron chi connectivity index (χ0n) is 12.1. The fourth-order valence-corrected chi connectivity index (χ4v) is 3.53. The summed E-state index contributed by atoms with van der Waals surface area (Å²) in [6.45, 7) is 3.99. The van der Waals surface area contributed by atoms with Gasteiger partial charge in [0.15, 0.2) is 0 Å². The zero-order chi connectivity index (χ0) is 15.7. The molecule has 0 radical (unpaired) electrons. The lowest BCUT2D eigenvalue weighted by molar-refractivity contribution is -0.142. The molecule has 3 rings (SSSR count). The first-order valence-electron chi connectivity index (χ1n) is 6.87. The molecule has 22 heavy (non-hydrogen) atoms. The molecule has 116 valence electrons. The van der Waals surface area contributed by atoms with Crippen LogP contribution in [0.3, 0.4) is 0 Å². The monoisotopic (exact) mass is 338 g/mol. The number of carbonyl (C=O) groups excluding carboxylic acids is 1. The Labute approximate surface area is 137 Å². The molecule has 0 amide bonds. The summed E-state index contributed by atoms with van der Waals surface area (Å²) in [6, 6.07) is 7.16. The van der Waals surface area contributed by atoms with E-state index in [0.717, 1.165) is 11.4 Å². The number of halogens is 1. The van der Waals surface area contributed by atoms with E-state index in [1.165, 1.54) is 11.8 Å². The van der Waals surface area contributed by atoms with E-state index >= 15 is 0 Å². The van der Waals surface area contributed by atoms with Crippen molar-refractivity contribution in [2.45, 2.75) is 30.3 Å². The molecule has 0 fully saturated rings. The lowest BCUT2D eigenvalue weighted by Gasteiger charge is -2.32. The van der Waals surface area contributed by atoms with E-state index in [1.54, 1.807) is 23.7 Å². The number of ether oxygens (including phenoxy) is 1. The van der Waals surface area contributed by atoms with E-state index in [2.05, 4.69) is 15.6 Å². The molecule has 0 saturated carbocycles. The highest BCUT2D eigenvalue weighted by molar-refractivity contribution is 8.00. The van der Waals surface area contributed by atoms with Gasteiger partial charge in [-0.1, -0.05) is 35.5 Å². The maximum absolute atomic E-state index is 12.3. The molecule has 0 saturated heterocycles. The van der Waals surface area contributed by atoms with Crippen molar-refractivity contribution in [3.63, 3.8) is 0 Å². The number of thioether (sulfide) groups is 1. The van der Waals surface area contributed by atoms with Crippen molar-refractivity contribution in [2.75, 3.05) is 12.0 Å². The molecule has 1 aromatic carbocycles. The number of hydrogen-bond donors (Lipinski definition) is 1. The molecule has 6 nitrogen and oxygen atoms in total. The number of esters is 1. The Morgan fingerprint density at radius 3 is 2.82 bits per heavy atom. The van der Waals surface area contributed by atoms with Crippen LogP contribution in [0.15, 0.2) is 29.4 Å². The molecule has 1 aliphatic heterocycles. The van der Waals surface area contributed by atoms with Gasteiger partial charge in [0.05, 0.1) is 12.6 Å². The average Bonchev–Trinajstić information content (AvgIpc) is 2.88. The average molecular weight is 339 g/mol. The minimum atomic E-state index is -0.433. The largest absolute Gasteiger partial charge is 0.465 e. The molecular formula is C14H15ClN4O2S. The van der Waals surface area contributed by atoms with Crippen LogP contribution >= 0.6 is 23.4 Å². The van der Waals surface area contributed by atoms with E-state index < -0.39 is 5.25 Å². The third-order valence-electron chi connectivity index (χ3n) is 3.35. The maximum Gasteiger partial charge on any atom is 0.322 e. The molecule has 2 aromatic rings. The number of nitrogens with zero attached hydrogens (tertiary/aromatic N) is 3. The minimum absolute atomic E-state index is 0.247. The van der Waals surface area contributed by atoms with Gasteiger partial charge >= 0.3 is 5.97 Å². The molecule has 0 bridgehead atoms. The van der Waals surface area contributed by atoms with E-state index in [0.29, 0.717) is 16.8 Å². The number of fused-ring (bicyclic) bond motifs is 1. The maximum atomic E-state index is 12.3. The van der Waals surface area contributed by atoms with Crippen molar-refractivity contribution in [3.8, 4) is 0 Å². The molecule has 2 atom stereocenters. The quantitative estimate of drug-likeness (QED) is 0.867. The molecule has 0 aliphatic carbocycles. The normalized spacial score (nSPS) is 20.1. The van der Waals surface area contributed by atoms with Gasteiger partial charge in [0.1, 0.15) is 11.1 Å². The number of rotatable bonds is 3. The van der Waals surface area contributed by atoms with Crippen LogP contribution < -0.4 is 5.43 Å². The lowest BCUT2D eigenvalue weighted by Crippen LogP contribution is -2.39. The van der Waals surface area contributed by atoms with Crippen LogP contribution in [0.2, 0.25) is 5.02 Å². The summed E-state index contributed by atoms with van der Waals surface area (Å²) < 4.78 is 6.99. The highest BCUT2D eigenvalue weighted by atomic mass is 35.5. The van der Waals surface area contributed by atoms with Gasteiger partial charge < -0.3 is 10.2 Å². The first-order valence-corrected chi connectivity index (χ1v) is 8.13. The standard InChI is InChI=1S/C14H15ClN4O2S/c1-3-21-13(20)12-11(9-4-6-10(15)7-5-9)18-19-8(2)16-17-14(19)22-12/h4-7,11-12,18H,3H2,1-2H3. The third kappa shape index (κ3) is 2.78. The third-order valence-corrected chi connectivity index (χ3v) is 4.79. The molecular weight excluding hydrogens is 324 g/mol. The minimum Gasteiger partial charge on any atom is -0.465 e. The van der Waals surface area contributed by atoms with Gasteiger partial charge in [-0.25, -0.2) is 4.68 Å². The van der Waals surface area contributed by atoms with Crippen LogP contribution in [-0.2, 0) is 9.53 Å². The van der Waals surface area contributed by atoms with Crippen LogP contribution in [0, 0.1) is 6.92 Å². The van der Waals surface area contributed by atoms with Crippen LogP contribution in [0.4, 0.5) is 0 Å². The Bertz CT molecular complexity index is 689. The van der Waals surface area contributed by atoms with Crippen molar-refractivity contribution in [1.29, 1.82) is 0 Å². The van der Waals surface area contributed by atoms with Crippen molar-refractivity contribution < 1.29 is 9.53 Å². The second kappa shape index (κ2) is 6.18. The van der Waals surface area contributed by atoms with Gasteiger partial charge in [-0.05, 0) is 31.5 Å². The van der Waals surface area contributed by atoms with Crippen LogP contribution in [0.1, 0.15) is 24.4 Å². The van der Waals surface area contributed by atoms with Crippen LogP contribution in [0.25, 0.3) is 0 Å². The Morgan fingerprint density at radius 2 is 2.14 bits per heavy atom. The smallest absolute Gasteiger partial charge is 0.322 e. The summed E-state index contributed by atoms with van der Waals surface area (Å²) in [4.78, 5) is 12.3. The van der Waals surface area contributed by atoms with Crippen molar-refractivity contribution in [2.24, 2.45) is 0 Å². The highest BCUT2D eigenvalue weighted by Crippen LogP contribution is 2.37. The number of hydrogen-bond acceptors (Lipinski definition) is 6. The van der Waals surface area contributed by atoms with Crippen molar-refractivity contribution in [3.05, 3.63) is 40.7 Å². The summed E-state index contributed by atoms with van der Waals surface area (Å²) in [5.41, 5.74) is 4.25. The fraction of sp³-hybridized carbons (Fsp3) is 0.357. The van der Waals surface area contributed by atoms with Crippen LogP contribution in [0.5, 0.6) is 0 Å². The van der Waals surface area contributed by atoms with E-state index in [-0.39, 0.29) is 12.0 Å². The van der Waals surface area contributed by atoms with E-state index in [9.17, 15) is 4.79 Å². The number of aromatic nitrogens is 3. The lowest BCUT2D eigenvalue weighted by atomic mass is 10.0. The number of benzene rings is 1. The summed E-state index contributed by atoms with van der Waals surface area (Å²) in [5.74, 6) is 0.468. The molecule has 1 aliphatic rings. The second-order valence-electron chi connectivity index (χ2n) is 4.81. The van der Waals surface area contributed by atoms with Gasteiger partial charge in [0, 0.05) is 5.02 Å². The molecule has 1 aromatic heterocycles.